The summed E-state index contributed by atoms with van der Waals surface area (Å²) in [5.74, 6) is 0.839. The highest BCUT2D eigenvalue weighted by atomic mass is 79.9. The summed E-state index contributed by atoms with van der Waals surface area (Å²) in [6.07, 6.45) is 3.21. The molecule has 0 fully saturated rings. The fraction of sp³-hybridized carbons (Fsp3) is 0.0833. The van der Waals surface area contributed by atoms with Crippen LogP contribution in [0.1, 0.15) is 5.76 Å². The predicted octanol–water partition coefficient (Wildman–Crippen LogP) is 2.63. The molecule has 1 aromatic carbocycles. The highest BCUT2D eigenvalue weighted by Gasteiger charge is 2.07. The Morgan fingerprint density at radius 3 is 2.89 bits per heavy atom. The van der Waals surface area contributed by atoms with Crippen molar-refractivity contribution in [3.05, 3.63) is 53.2 Å². The van der Waals surface area contributed by atoms with Gasteiger partial charge in [0.2, 0.25) is 0 Å². The number of nitrogens with zero attached hydrogens (tertiary/aromatic N) is 4. The molecular formula is C12H10BrN5O. The lowest BCUT2D eigenvalue weighted by molar-refractivity contribution is 0.516. The number of tetrazole rings is 1. The molecule has 0 atom stereocenters. The molecule has 0 saturated carbocycles. The SMILES string of the molecule is Brc1ccoc1CNc1ccccc1-n1cnnn1. The zero-order valence-electron chi connectivity index (χ0n) is 9.82. The van der Waals surface area contributed by atoms with Gasteiger partial charge in [-0.05, 0) is 44.6 Å². The molecular weight excluding hydrogens is 310 g/mol. The number of para-hydroxylation sites is 2. The van der Waals surface area contributed by atoms with Gasteiger partial charge in [0, 0.05) is 0 Å². The van der Waals surface area contributed by atoms with Crippen molar-refractivity contribution in [2.45, 2.75) is 6.54 Å². The molecule has 0 spiro atoms. The summed E-state index contributed by atoms with van der Waals surface area (Å²) in [6.45, 7) is 0.576. The maximum atomic E-state index is 5.36. The van der Waals surface area contributed by atoms with Crippen LogP contribution in [0.5, 0.6) is 0 Å². The number of nitrogens with one attached hydrogen (secondary N) is 1. The molecule has 2 aromatic heterocycles. The molecule has 0 unspecified atom stereocenters. The van der Waals surface area contributed by atoms with Crippen molar-refractivity contribution >= 4 is 21.6 Å². The van der Waals surface area contributed by atoms with E-state index < -0.39 is 0 Å². The van der Waals surface area contributed by atoms with E-state index in [1.807, 2.05) is 30.3 Å². The van der Waals surface area contributed by atoms with Crippen molar-refractivity contribution < 1.29 is 4.42 Å². The van der Waals surface area contributed by atoms with Crippen LogP contribution in [0.3, 0.4) is 0 Å². The second-order valence-electron chi connectivity index (χ2n) is 3.82. The van der Waals surface area contributed by atoms with E-state index in [0.717, 1.165) is 21.6 Å². The van der Waals surface area contributed by atoms with Crippen molar-refractivity contribution in [1.29, 1.82) is 0 Å². The average molecular weight is 320 g/mol. The number of aromatic nitrogens is 4. The Hall–Kier alpha value is -2.15. The molecule has 3 rings (SSSR count). The summed E-state index contributed by atoms with van der Waals surface area (Å²) in [6, 6.07) is 9.66. The largest absolute Gasteiger partial charge is 0.466 e. The van der Waals surface area contributed by atoms with Crippen LogP contribution >= 0.6 is 15.9 Å². The number of benzene rings is 1. The zero-order valence-corrected chi connectivity index (χ0v) is 11.4. The third-order valence-electron chi connectivity index (χ3n) is 2.63. The fourth-order valence-corrected chi connectivity index (χ4v) is 2.06. The molecule has 6 nitrogen and oxygen atoms in total. The van der Waals surface area contributed by atoms with Gasteiger partial charge in [-0.25, -0.2) is 0 Å². The van der Waals surface area contributed by atoms with Gasteiger partial charge in [-0.2, -0.15) is 4.68 Å². The van der Waals surface area contributed by atoms with Crippen molar-refractivity contribution in [2.75, 3.05) is 5.32 Å². The molecule has 3 aromatic rings. The minimum atomic E-state index is 0.576. The quantitative estimate of drug-likeness (QED) is 0.800. The van der Waals surface area contributed by atoms with Gasteiger partial charge in [0.15, 0.2) is 0 Å². The summed E-state index contributed by atoms with van der Waals surface area (Å²) in [7, 11) is 0. The Bertz CT molecular complexity index is 664. The smallest absolute Gasteiger partial charge is 0.143 e. The van der Waals surface area contributed by atoms with Crippen LogP contribution in [0.25, 0.3) is 5.69 Å². The Kier molecular flexibility index (Phi) is 3.28. The number of anilines is 1. The molecule has 0 aliphatic rings. The Labute approximate surface area is 117 Å². The van der Waals surface area contributed by atoms with Gasteiger partial charge in [0.25, 0.3) is 0 Å². The Morgan fingerprint density at radius 2 is 2.16 bits per heavy atom. The molecule has 0 aliphatic heterocycles. The first-order valence-corrected chi connectivity index (χ1v) is 6.42. The number of halogens is 1. The van der Waals surface area contributed by atoms with Crippen LogP contribution in [-0.2, 0) is 6.54 Å². The molecule has 2 heterocycles. The van der Waals surface area contributed by atoms with Crippen molar-refractivity contribution in [3.8, 4) is 5.69 Å². The normalized spacial score (nSPS) is 10.6. The monoisotopic (exact) mass is 319 g/mol. The molecule has 0 saturated heterocycles. The second kappa shape index (κ2) is 5.23. The molecule has 19 heavy (non-hydrogen) atoms. The highest BCUT2D eigenvalue weighted by molar-refractivity contribution is 9.10. The number of furan rings is 1. The standard InChI is InChI=1S/C12H10BrN5O/c13-9-5-6-19-12(9)7-14-10-3-1-2-4-11(10)18-8-15-16-17-18/h1-6,8,14H,7H2. The van der Waals surface area contributed by atoms with Crippen molar-refractivity contribution in [2.24, 2.45) is 0 Å². The van der Waals surface area contributed by atoms with E-state index in [-0.39, 0.29) is 0 Å². The lowest BCUT2D eigenvalue weighted by Gasteiger charge is -2.10. The van der Waals surface area contributed by atoms with Crippen LogP contribution < -0.4 is 5.32 Å². The fourth-order valence-electron chi connectivity index (χ4n) is 1.72. The van der Waals surface area contributed by atoms with Gasteiger partial charge >= 0.3 is 0 Å². The predicted molar refractivity (Wildman–Crippen MR) is 72.9 cm³/mol. The van der Waals surface area contributed by atoms with Gasteiger partial charge in [-0.15, -0.1) is 5.10 Å². The first kappa shape index (κ1) is 11.9. The molecule has 0 radical (unpaired) electrons. The van der Waals surface area contributed by atoms with Gasteiger partial charge in [-0.3, -0.25) is 0 Å². The third-order valence-corrected chi connectivity index (χ3v) is 3.34. The van der Waals surface area contributed by atoms with E-state index in [0.29, 0.717) is 6.54 Å². The first-order valence-electron chi connectivity index (χ1n) is 5.63. The zero-order chi connectivity index (χ0) is 13.1. The van der Waals surface area contributed by atoms with E-state index in [9.17, 15) is 0 Å². The summed E-state index contributed by atoms with van der Waals surface area (Å²) in [5, 5.41) is 14.5. The second-order valence-corrected chi connectivity index (χ2v) is 4.67. The van der Waals surface area contributed by atoms with Crippen molar-refractivity contribution in [1.82, 2.24) is 20.2 Å². The van der Waals surface area contributed by atoms with Gasteiger partial charge < -0.3 is 9.73 Å². The highest BCUT2D eigenvalue weighted by Crippen LogP contribution is 2.22. The van der Waals surface area contributed by atoms with Crippen LogP contribution in [0, 0.1) is 0 Å². The summed E-state index contributed by atoms with van der Waals surface area (Å²) in [5.41, 5.74) is 1.81. The maximum Gasteiger partial charge on any atom is 0.143 e. The molecule has 7 heteroatoms. The Morgan fingerprint density at radius 1 is 1.26 bits per heavy atom. The van der Waals surface area contributed by atoms with Crippen LogP contribution in [-0.4, -0.2) is 20.2 Å². The molecule has 0 aliphatic carbocycles. The van der Waals surface area contributed by atoms with Gasteiger partial charge in [0.05, 0.1) is 28.7 Å². The minimum absolute atomic E-state index is 0.576. The number of rotatable bonds is 4. The molecule has 0 bridgehead atoms. The van der Waals surface area contributed by atoms with Gasteiger partial charge in [-0.1, -0.05) is 12.1 Å². The molecule has 0 amide bonds. The number of hydrogen-bond donors (Lipinski definition) is 1. The maximum absolute atomic E-state index is 5.36. The topological polar surface area (TPSA) is 68.8 Å². The van der Waals surface area contributed by atoms with Crippen LogP contribution in [0.2, 0.25) is 0 Å². The molecule has 1 N–H and O–H groups in total. The lowest BCUT2D eigenvalue weighted by atomic mass is 10.2. The first-order chi connectivity index (χ1) is 9.34. The van der Waals surface area contributed by atoms with E-state index >= 15 is 0 Å². The van der Waals surface area contributed by atoms with E-state index in [1.165, 1.54) is 0 Å². The van der Waals surface area contributed by atoms with E-state index in [4.69, 9.17) is 4.42 Å². The van der Waals surface area contributed by atoms with E-state index in [1.54, 1.807) is 17.3 Å². The van der Waals surface area contributed by atoms with Crippen LogP contribution in [0.4, 0.5) is 5.69 Å². The average Bonchev–Trinajstić information content (AvgIpc) is 3.08. The summed E-state index contributed by atoms with van der Waals surface area (Å²) >= 11 is 3.43. The number of hydrogen-bond acceptors (Lipinski definition) is 5. The van der Waals surface area contributed by atoms with Gasteiger partial charge in [0.1, 0.15) is 12.1 Å². The molecule has 96 valence electrons. The van der Waals surface area contributed by atoms with E-state index in [2.05, 4.69) is 36.8 Å². The summed E-state index contributed by atoms with van der Waals surface area (Å²) in [4.78, 5) is 0. The van der Waals surface area contributed by atoms with Crippen LogP contribution in [0.15, 0.2) is 51.8 Å². The Balaban J connectivity index is 1.84. The lowest BCUT2D eigenvalue weighted by Crippen LogP contribution is -2.04. The minimum Gasteiger partial charge on any atom is -0.466 e. The van der Waals surface area contributed by atoms with Crippen molar-refractivity contribution in [3.63, 3.8) is 0 Å². The summed E-state index contributed by atoms with van der Waals surface area (Å²) < 4.78 is 7.92. The third kappa shape index (κ3) is 2.50.